The highest BCUT2D eigenvalue weighted by Gasteiger charge is 2.24. The maximum atomic E-state index is 5.54. The number of benzene rings is 1. The number of aromatic nitrogens is 4. The fourth-order valence-electron chi connectivity index (χ4n) is 3.84. The number of nitrogens with zero attached hydrogens (tertiary/aromatic N) is 6. The molecule has 10 nitrogen and oxygen atoms in total. The van der Waals surface area contributed by atoms with Crippen molar-refractivity contribution in [2.75, 3.05) is 52.4 Å². The number of aryl methyl sites for hydroxylation is 2. The second-order valence-electron chi connectivity index (χ2n) is 7.58. The second-order valence-corrected chi connectivity index (χ2v) is 7.58. The molecule has 32 heavy (non-hydrogen) atoms. The van der Waals surface area contributed by atoms with Gasteiger partial charge in [-0.15, -0.1) is 0 Å². The highest BCUT2D eigenvalue weighted by molar-refractivity contribution is 5.72. The molecule has 1 saturated heterocycles. The van der Waals surface area contributed by atoms with Gasteiger partial charge in [0.1, 0.15) is 5.82 Å². The summed E-state index contributed by atoms with van der Waals surface area (Å²) in [5.74, 6) is 3.53. The smallest absolute Gasteiger partial charge is 0.241 e. The Bertz CT molecular complexity index is 1080. The summed E-state index contributed by atoms with van der Waals surface area (Å²) in [5.41, 5.74) is 2.56. The van der Waals surface area contributed by atoms with Gasteiger partial charge in [0.15, 0.2) is 11.5 Å². The summed E-state index contributed by atoms with van der Waals surface area (Å²) in [6.07, 6.45) is 1.80. The topological polar surface area (TPSA) is 98.9 Å². The molecule has 2 aromatic heterocycles. The van der Waals surface area contributed by atoms with E-state index in [1.807, 2.05) is 19.9 Å². The molecule has 0 bridgehead atoms. The fraction of sp³-hybridized carbons (Fsp3) is 0.455. The normalized spacial score (nSPS) is 14.5. The number of hydrogen-bond donors (Lipinski definition) is 0. The SMILES string of the molecule is COc1ccc(-c2noc(CN3CCN(c4nc(C)cnc4C)CC3)n2)c(OC)c1OC. The van der Waals surface area contributed by atoms with Gasteiger partial charge in [-0.3, -0.25) is 9.88 Å². The molecule has 0 amide bonds. The van der Waals surface area contributed by atoms with Gasteiger partial charge >= 0.3 is 0 Å². The van der Waals surface area contributed by atoms with Gasteiger partial charge in [-0.05, 0) is 26.0 Å². The Hall–Kier alpha value is -3.40. The Labute approximate surface area is 187 Å². The highest BCUT2D eigenvalue weighted by atomic mass is 16.5. The van der Waals surface area contributed by atoms with Crippen molar-refractivity contribution < 1.29 is 18.7 Å². The minimum absolute atomic E-state index is 0.446. The fourth-order valence-corrected chi connectivity index (χ4v) is 3.84. The zero-order valence-electron chi connectivity index (χ0n) is 19.1. The minimum atomic E-state index is 0.446. The Morgan fingerprint density at radius 1 is 0.938 bits per heavy atom. The van der Waals surface area contributed by atoms with E-state index in [1.165, 1.54) is 0 Å². The van der Waals surface area contributed by atoms with E-state index in [0.717, 1.165) is 43.4 Å². The van der Waals surface area contributed by atoms with Crippen molar-refractivity contribution >= 4 is 5.82 Å². The quantitative estimate of drug-likeness (QED) is 0.545. The summed E-state index contributed by atoms with van der Waals surface area (Å²) in [6, 6.07) is 3.63. The first-order valence-electron chi connectivity index (χ1n) is 10.4. The lowest BCUT2D eigenvalue weighted by molar-refractivity contribution is 0.215. The van der Waals surface area contributed by atoms with Gasteiger partial charge in [0.05, 0.1) is 44.8 Å². The van der Waals surface area contributed by atoms with Crippen molar-refractivity contribution in [1.82, 2.24) is 25.0 Å². The van der Waals surface area contributed by atoms with Crippen molar-refractivity contribution in [2.24, 2.45) is 0 Å². The molecule has 10 heteroatoms. The van der Waals surface area contributed by atoms with Crippen LogP contribution in [0, 0.1) is 13.8 Å². The average molecular weight is 441 g/mol. The molecule has 0 unspecified atom stereocenters. The molecular formula is C22H28N6O4. The molecule has 1 aliphatic heterocycles. The Kier molecular flexibility index (Phi) is 6.40. The van der Waals surface area contributed by atoms with Gasteiger partial charge in [0, 0.05) is 32.4 Å². The van der Waals surface area contributed by atoms with Crippen LogP contribution >= 0.6 is 0 Å². The van der Waals surface area contributed by atoms with Gasteiger partial charge in [-0.1, -0.05) is 5.16 Å². The molecular weight excluding hydrogens is 412 g/mol. The van der Waals surface area contributed by atoms with Crippen molar-refractivity contribution in [3.63, 3.8) is 0 Å². The number of anilines is 1. The van der Waals surface area contributed by atoms with Crippen LogP contribution in [0.1, 0.15) is 17.3 Å². The van der Waals surface area contributed by atoms with Crippen LogP contribution in [0.2, 0.25) is 0 Å². The van der Waals surface area contributed by atoms with E-state index in [4.69, 9.17) is 18.7 Å². The lowest BCUT2D eigenvalue weighted by Crippen LogP contribution is -2.46. The molecule has 4 rings (SSSR count). The maximum Gasteiger partial charge on any atom is 0.241 e. The van der Waals surface area contributed by atoms with E-state index >= 15 is 0 Å². The Morgan fingerprint density at radius 2 is 1.69 bits per heavy atom. The molecule has 0 radical (unpaired) electrons. The van der Waals surface area contributed by atoms with Gasteiger partial charge in [-0.2, -0.15) is 4.98 Å². The van der Waals surface area contributed by atoms with E-state index in [0.29, 0.717) is 41.1 Å². The van der Waals surface area contributed by atoms with Gasteiger partial charge in [0.2, 0.25) is 17.5 Å². The van der Waals surface area contributed by atoms with Gasteiger partial charge in [0.25, 0.3) is 0 Å². The molecule has 3 aromatic rings. The lowest BCUT2D eigenvalue weighted by atomic mass is 10.1. The molecule has 0 N–H and O–H groups in total. The van der Waals surface area contributed by atoms with Crippen LogP contribution in [0.15, 0.2) is 22.9 Å². The monoisotopic (exact) mass is 440 g/mol. The van der Waals surface area contributed by atoms with E-state index in [1.54, 1.807) is 33.6 Å². The summed E-state index contributed by atoms with van der Waals surface area (Å²) >= 11 is 0. The molecule has 3 heterocycles. The van der Waals surface area contributed by atoms with Crippen LogP contribution in [0.5, 0.6) is 17.2 Å². The first kappa shape index (κ1) is 21.8. The average Bonchev–Trinajstić information content (AvgIpc) is 3.28. The summed E-state index contributed by atoms with van der Waals surface area (Å²) in [7, 11) is 4.72. The number of rotatable bonds is 7. The predicted octanol–water partition coefficient (Wildman–Crippen LogP) is 2.49. The van der Waals surface area contributed by atoms with Crippen LogP contribution in [-0.2, 0) is 6.54 Å². The minimum Gasteiger partial charge on any atom is -0.493 e. The third-order valence-electron chi connectivity index (χ3n) is 5.49. The molecule has 1 aliphatic rings. The van der Waals surface area contributed by atoms with Crippen molar-refractivity contribution in [3.05, 3.63) is 35.6 Å². The molecule has 0 aliphatic carbocycles. The van der Waals surface area contributed by atoms with Crippen molar-refractivity contribution in [2.45, 2.75) is 20.4 Å². The molecule has 1 aromatic carbocycles. The maximum absolute atomic E-state index is 5.54. The molecule has 0 spiro atoms. The first-order valence-corrected chi connectivity index (χ1v) is 10.4. The van der Waals surface area contributed by atoms with Gasteiger partial charge in [-0.25, -0.2) is 4.98 Å². The van der Waals surface area contributed by atoms with Crippen LogP contribution in [0.4, 0.5) is 5.82 Å². The van der Waals surface area contributed by atoms with E-state index < -0.39 is 0 Å². The molecule has 0 atom stereocenters. The van der Waals surface area contributed by atoms with E-state index in [2.05, 4.69) is 29.9 Å². The number of methoxy groups -OCH3 is 3. The Balaban J connectivity index is 1.44. The zero-order chi connectivity index (χ0) is 22.7. The van der Waals surface area contributed by atoms with Crippen LogP contribution in [-0.4, -0.2) is 72.5 Å². The van der Waals surface area contributed by atoms with E-state index in [9.17, 15) is 0 Å². The largest absolute Gasteiger partial charge is 0.493 e. The van der Waals surface area contributed by atoms with E-state index in [-0.39, 0.29) is 0 Å². The van der Waals surface area contributed by atoms with Gasteiger partial charge < -0.3 is 23.6 Å². The number of piperazine rings is 1. The number of hydrogen-bond acceptors (Lipinski definition) is 10. The summed E-state index contributed by atoms with van der Waals surface area (Å²) in [5, 5.41) is 4.16. The van der Waals surface area contributed by atoms with Crippen molar-refractivity contribution in [3.8, 4) is 28.6 Å². The van der Waals surface area contributed by atoms with Crippen LogP contribution in [0.3, 0.4) is 0 Å². The summed E-state index contributed by atoms with van der Waals surface area (Å²) < 4.78 is 21.9. The summed E-state index contributed by atoms with van der Waals surface area (Å²) in [4.78, 5) is 18.2. The second kappa shape index (κ2) is 9.39. The standard InChI is InChI=1S/C22H28N6O4/c1-14-12-23-15(2)22(24-14)28-10-8-27(9-11-28)13-18-25-21(26-32-18)16-6-7-17(29-3)20(31-5)19(16)30-4/h6-7,12H,8-11,13H2,1-5H3. The lowest BCUT2D eigenvalue weighted by Gasteiger charge is -2.35. The third-order valence-corrected chi connectivity index (χ3v) is 5.49. The molecule has 1 fully saturated rings. The van der Waals surface area contributed by atoms with Crippen molar-refractivity contribution in [1.29, 1.82) is 0 Å². The first-order chi connectivity index (χ1) is 15.5. The number of ether oxygens (including phenoxy) is 3. The zero-order valence-corrected chi connectivity index (χ0v) is 19.1. The predicted molar refractivity (Wildman–Crippen MR) is 118 cm³/mol. The summed E-state index contributed by atoms with van der Waals surface area (Å²) in [6.45, 7) is 8.00. The highest BCUT2D eigenvalue weighted by Crippen LogP contribution is 2.43. The third kappa shape index (κ3) is 4.31. The van der Waals surface area contributed by atoms with Crippen LogP contribution in [0.25, 0.3) is 11.4 Å². The van der Waals surface area contributed by atoms with Crippen LogP contribution < -0.4 is 19.1 Å². The molecule has 170 valence electrons. The molecule has 0 saturated carbocycles. The Morgan fingerprint density at radius 3 is 2.38 bits per heavy atom.